The second-order valence-electron chi connectivity index (χ2n) is 3.23. The van der Waals surface area contributed by atoms with Gasteiger partial charge in [0.2, 0.25) is 0 Å². The zero-order valence-electron chi connectivity index (χ0n) is 6.56. The molecule has 1 saturated carbocycles. The van der Waals surface area contributed by atoms with Crippen molar-refractivity contribution in [3.05, 3.63) is 17.5 Å². The number of hydrogen-bond acceptors (Lipinski definition) is 3. The third kappa shape index (κ3) is 1.31. The molecule has 0 spiro atoms. The molecule has 1 aliphatic rings. The van der Waals surface area contributed by atoms with Crippen LogP contribution in [0.5, 0.6) is 0 Å². The molecule has 1 aliphatic carbocycles. The Morgan fingerprint density at radius 3 is 2.54 bits per heavy atom. The van der Waals surface area contributed by atoms with Gasteiger partial charge in [-0.2, -0.15) is 13.2 Å². The third-order valence-corrected chi connectivity index (χ3v) is 2.14. The van der Waals surface area contributed by atoms with Crippen LogP contribution in [-0.2, 0) is 11.7 Å². The predicted molar refractivity (Wildman–Crippen MR) is 36.6 cm³/mol. The molecule has 13 heavy (non-hydrogen) atoms. The fraction of sp³-hybridized carbons (Fsp3) is 0.571. The molecule has 0 aromatic carbocycles. The molecular formula is C7H7F3N2O. The molecule has 1 heterocycles. The van der Waals surface area contributed by atoms with Crippen LogP contribution in [0.1, 0.15) is 24.1 Å². The van der Waals surface area contributed by atoms with E-state index in [9.17, 15) is 13.2 Å². The normalized spacial score (nSPS) is 20.3. The van der Waals surface area contributed by atoms with Gasteiger partial charge in [-0.3, -0.25) is 0 Å². The van der Waals surface area contributed by atoms with Crippen molar-refractivity contribution >= 4 is 0 Å². The first kappa shape index (κ1) is 8.55. The monoisotopic (exact) mass is 192 g/mol. The second kappa shape index (κ2) is 2.25. The maximum atomic E-state index is 12.3. The molecule has 6 heteroatoms. The van der Waals surface area contributed by atoms with E-state index in [-0.39, 0.29) is 5.69 Å². The summed E-state index contributed by atoms with van der Waals surface area (Å²) in [7, 11) is 0. The van der Waals surface area contributed by atoms with Crippen molar-refractivity contribution in [2.75, 3.05) is 0 Å². The summed E-state index contributed by atoms with van der Waals surface area (Å²) in [5, 5.41) is 3.30. The summed E-state index contributed by atoms with van der Waals surface area (Å²) in [6.45, 7) is 0. The van der Waals surface area contributed by atoms with Crippen LogP contribution in [0.3, 0.4) is 0 Å². The molecule has 1 aromatic rings. The standard InChI is InChI=1S/C7H7F3N2O/c8-7(9,10)4-3-13-12-5(4)6(11)1-2-6/h3H,1-2,11H2. The van der Waals surface area contributed by atoms with Crippen molar-refractivity contribution in [2.24, 2.45) is 5.73 Å². The lowest BCUT2D eigenvalue weighted by Crippen LogP contribution is -2.23. The molecular weight excluding hydrogens is 185 g/mol. The molecule has 72 valence electrons. The molecule has 3 nitrogen and oxygen atoms in total. The van der Waals surface area contributed by atoms with Gasteiger partial charge >= 0.3 is 6.18 Å². The zero-order valence-corrected chi connectivity index (χ0v) is 6.56. The SMILES string of the molecule is NC1(c2nocc2C(F)(F)F)CC1. The van der Waals surface area contributed by atoms with Gasteiger partial charge in [-0.25, -0.2) is 0 Å². The fourth-order valence-electron chi connectivity index (χ4n) is 1.17. The Bertz CT molecular complexity index is 307. The van der Waals surface area contributed by atoms with Crippen LogP contribution in [0.25, 0.3) is 0 Å². The minimum atomic E-state index is -4.43. The molecule has 0 bridgehead atoms. The highest BCUT2D eigenvalue weighted by molar-refractivity contribution is 5.30. The van der Waals surface area contributed by atoms with Crippen molar-refractivity contribution in [3.8, 4) is 0 Å². The van der Waals surface area contributed by atoms with E-state index in [2.05, 4.69) is 9.68 Å². The van der Waals surface area contributed by atoms with Gasteiger partial charge in [0.25, 0.3) is 0 Å². The Morgan fingerprint density at radius 2 is 2.08 bits per heavy atom. The molecule has 0 saturated heterocycles. The minimum absolute atomic E-state index is 0.167. The predicted octanol–water partition coefficient (Wildman–Crippen LogP) is 1.64. The second-order valence-corrected chi connectivity index (χ2v) is 3.23. The Kier molecular flexibility index (Phi) is 1.48. The van der Waals surface area contributed by atoms with E-state index < -0.39 is 17.3 Å². The van der Waals surface area contributed by atoms with Crippen LogP contribution in [0.15, 0.2) is 10.8 Å². The lowest BCUT2D eigenvalue weighted by Gasteiger charge is -2.08. The summed E-state index contributed by atoms with van der Waals surface area (Å²) in [5.74, 6) is 0. The summed E-state index contributed by atoms with van der Waals surface area (Å²) >= 11 is 0. The lowest BCUT2D eigenvalue weighted by atomic mass is 10.1. The van der Waals surface area contributed by atoms with Gasteiger partial charge in [-0.05, 0) is 12.8 Å². The highest BCUT2D eigenvalue weighted by Gasteiger charge is 2.49. The first-order valence-electron chi connectivity index (χ1n) is 3.74. The minimum Gasteiger partial charge on any atom is -0.364 e. The van der Waals surface area contributed by atoms with E-state index in [0.29, 0.717) is 19.1 Å². The number of nitrogens with zero attached hydrogens (tertiary/aromatic N) is 1. The molecule has 2 N–H and O–H groups in total. The van der Waals surface area contributed by atoms with E-state index in [0.717, 1.165) is 0 Å². The maximum absolute atomic E-state index is 12.3. The van der Waals surface area contributed by atoms with Gasteiger partial charge in [-0.1, -0.05) is 5.16 Å². The summed E-state index contributed by atoms with van der Waals surface area (Å²) in [6, 6.07) is 0. The Labute approximate surface area is 71.7 Å². The van der Waals surface area contributed by atoms with Crippen LogP contribution in [-0.4, -0.2) is 5.16 Å². The third-order valence-electron chi connectivity index (χ3n) is 2.14. The number of halogens is 3. The Hall–Kier alpha value is -1.04. The van der Waals surface area contributed by atoms with Crippen LogP contribution >= 0.6 is 0 Å². The number of rotatable bonds is 1. The molecule has 0 amide bonds. The van der Waals surface area contributed by atoms with Crippen LogP contribution in [0.4, 0.5) is 13.2 Å². The van der Waals surface area contributed by atoms with E-state index in [1.807, 2.05) is 0 Å². The number of nitrogens with two attached hydrogens (primary N) is 1. The lowest BCUT2D eigenvalue weighted by molar-refractivity contribution is -0.138. The molecule has 0 atom stereocenters. The summed E-state index contributed by atoms with van der Waals surface area (Å²) in [6.07, 6.45) is -2.77. The molecule has 1 fully saturated rings. The van der Waals surface area contributed by atoms with Crippen molar-refractivity contribution in [2.45, 2.75) is 24.6 Å². The van der Waals surface area contributed by atoms with E-state index in [1.54, 1.807) is 0 Å². The number of hydrogen-bond donors (Lipinski definition) is 1. The smallest absolute Gasteiger partial charge is 0.364 e. The van der Waals surface area contributed by atoms with Crippen molar-refractivity contribution < 1.29 is 17.7 Å². The first-order chi connectivity index (χ1) is 5.93. The van der Waals surface area contributed by atoms with Gasteiger partial charge in [0.15, 0.2) is 0 Å². The largest absolute Gasteiger partial charge is 0.421 e. The highest BCUT2D eigenvalue weighted by Crippen LogP contribution is 2.46. The van der Waals surface area contributed by atoms with Crippen molar-refractivity contribution in [3.63, 3.8) is 0 Å². The van der Waals surface area contributed by atoms with Crippen molar-refractivity contribution in [1.29, 1.82) is 0 Å². The quantitative estimate of drug-likeness (QED) is 0.735. The number of aromatic nitrogens is 1. The van der Waals surface area contributed by atoms with Gasteiger partial charge < -0.3 is 10.3 Å². The highest BCUT2D eigenvalue weighted by atomic mass is 19.4. The van der Waals surface area contributed by atoms with E-state index in [4.69, 9.17) is 5.73 Å². The van der Waals surface area contributed by atoms with Crippen LogP contribution < -0.4 is 5.73 Å². The van der Waals surface area contributed by atoms with Gasteiger partial charge in [0.05, 0.1) is 5.54 Å². The van der Waals surface area contributed by atoms with Crippen LogP contribution in [0, 0.1) is 0 Å². The molecule has 0 unspecified atom stereocenters. The summed E-state index contributed by atoms with van der Waals surface area (Å²) in [4.78, 5) is 0. The Morgan fingerprint density at radius 1 is 1.46 bits per heavy atom. The summed E-state index contributed by atoms with van der Waals surface area (Å²) < 4.78 is 41.1. The van der Waals surface area contributed by atoms with Crippen LogP contribution in [0.2, 0.25) is 0 Å². The van der Waals surface area contributed by atoms with Gasteiger partial charge in [-0.15, -0.1) is 0 Å². The average Bonchev–Trinajstić information content (AvgIpc) is 2.60. The summed E-state index contributed by atoms with van der Waals surface area (Å²) in [5.41, 5.74) is 3.66. The maximum Gasteiger partial charge on any atom is 0.421 e. The van der Waals surface area contributed by atoms with E-state index >= 15 is 0 Å². The van der Waals surface area contributed by atoms with Gasteiger partial charge in [0, 0.05) is 0 Å². The molecule has 0 radical (unpaired) electrons. The fourth-order valence-corrected chi connectivity index (χ4v) is 1.17. The molecule has 2 rings (SSSR count). The van der Waals surface area contributed by atoms with E-state index in [1.165, 1.54) is 0 Å². The first-order valence-corrected chi connectivity index (χ1v) is 3.74. The topological polar surface area (TPSA) is 52.0 Å². The van der Waals surface area contributed by atoms with Crippen molar-refractivity contribution in [1.82, 2.24) is 5.16 Å². The molecule has 0 aliphatic heterocycles. The molecule has 1 aromatic heterocycles. The Balaban J connectivity index is 2.42. The average molecular weight is 192 g/mol. The number of alkyl halides is 3. The van der Waals surface area contributed by atoms with Gasteiger partial charge in [0.1, 0.15) is 17.5 Å². The zero-order chi connectivity index (χ0) is 9.69.